The zero-order chi connectivity index (χ0) is 23.5. The molecule has 1 saturated heterocycles. The molecular weight excluding hydrogens is 412 g/mol. The molecule has 0 aromatic heterocycles. The number of carbonyl (C=O) groups is 2. The summed E-state index contributed by atoms with van der Waals surface area (Å²) in [5.41, 5.74) is 8.64. The van der Waals surface area contributed by atoms with Crippen molar-refractivity contribution in [1.82, 2.24) is 10.7 Å². The van der Waals surface area contributed by atoms with Gasteiger partial charge in [0.05, 0.1) is 0 Å². The molecule has 2 N–H and O–H groups in total. The molecule has 1 fully saturated rings. The van der Waals surface area contributed by atoms with Gasteiger partial charge in [-0.25, -0.2) is 0 Å². The van der Waals surface area contributed by atoms with Crippen LogP contribution in [0.1, 0.15) is 38.7 Å². The van der Waals surface area contributed by atoms with Gasteiger partial charge < -0.3 is 10.2 Å². The molecule has 0 spiro atoms. The largest absolute Gasteiger partial charge is 0.378 e. The van der Waals surface area contributed by atoms with E-state index in [0.717, 1.165) is 27.9 Å². The van der Waals surface area contributed by atoms with Gasteiger partial charge in [-0.3, -0.25) is 9.59 Å². The van der Waals surface area contributed by atoms with Crippen LogP contribution < -0.4 is 15.6 Å². The molecule has 6 heteroatoms. The van der Waals surface area contributed by atoms with Crippen molar-refractivity contribution in [1.29, 1.82) is 0 Å². The fourth-order valence-corrected chi connectivity index (χ4v) is 3.89. The number of hydrazone groups is 1. The molecule has 0 bridgehead atoms. The van der Waals surface area contributed by atoms with Crippen molar-refractivity contribution in [2.45, 2.75) is 25.9 Å². The van der Waals surface area contributed by atoms with E-state index in [1.807, 2.05) is 99.7 Å². The number of nitrogens with one attached hydrogen (secondary N) is 2. The van der Waals surface area contributed by atoms with Crippen LogP contribution >= 0.6 is 0 Å². The number of aryl methyl sites for hydroxylation is 2. The number of hydrogen-bond acceptors (Lipinski definition) is 3. The van der Waals surface area contributed by atoms with E-state index in [1.165, 1.54) is 0 Å². The van der Waals surface area contributed by atoms with Gasteiger partial charge in [-0.2, -0.15) is 0 Å². The second-order valence-electron chi connectivity index (χ2n) is 8.67. The van der Waals surface area contributed by atoms with Crippen molar-refractivity contribution in [2.24, 2.45) is 0 Å². The molecule has 33 heavy (non-hydrogen) atoms. The fraction of sp³-hybridized carbons (Fsp3) is 0.222. The Labute approximate surface area is 194 Å². The predicted octanol–water partition coefficient (Wildman–Crippen LogP) is 3.39. The minimum atomic E-state index is -0.737. The van der Waals surface area contributed by atoms with Crippen LogP contribution in [0.4, 0.5) is 5.69 Å². The molecule has 4 rings (SSSR count). The third kappa shape index (κ3) is 4.95. The lowest BCUT2D eigenvalue weighted by Crippen LogP contribution is -2.42. The molecule has 6 nitrogen and oxygen atoms in total. The van der Waals surface area contributed by atoms with Crippen LogP contribution in [0.25, 0.3) is 0 Å². The van der Waals surface area contributed by atoms with Crippen LogP contribution in [0.3, 0.4) is 0 Å². The number of carbonyl (C=O) groups excluding carboxylic acids is 2. The van der Waals surface area contributed by atoms with E-state index in [4.69, 9.17) is 0 Å². The Morgan fingerprint density at radius 1 is 0.909 bits per heavy atom. The Bertz CT molecular complexity index is 1180. The molecule has 0 saturated carbocycles. The van der Waals surface area contributed by atoms with Gasteiger partial charge in [-0.1, -0.05) is 47.5 Å². The van der Waals surface area contributed by atoms with Crippen LogP contribution in [0.5, 0.6) is 0 Å². The molecule has 1 aliphatic rings. The topological polar surface area (TPSA) is 64.5 Å². The van der Waals surface area contributed by atoms with Gasteiger partial charge >= 0.3 is 5.91 Å². The minimum Gasteiger partial charge on any atom is -0.378 e. The summed E-state index contributed by atoms with van der Waals surface area (Å²) in [6, 6.07) is 22.3. The first-order valence-electron chi connectivity index (χ1n) is 11.0. The monoisotopic (exact) mass is 441 g/mol. The number of rotatable bonds is 5. The Kier molecular flexibility index (Phi) is 6.27. The average molecular weight is 442 g/mol. The maximum Gasteiger partial charge on any atom is 0.304 e. The lowest BCUT2D eigenvalue weighted by molar-refractivity contribution is -0.596. The third-order valence-electron chi connectivity index (χ3n) is 5.85. The number of hydrazine groups is 1. The van der Waals surface area contributed by atoms with Gasteiger partial charge in [-0.15, -0.1) is 10.1 Å². The van der Waals surface area contributed by atoms with Crippen LogP contribution in [0.15, 0.2) is 72.8 Å². The second-order valence-corrected chi connectivity index (χ2v) is 8.67. The summed E-state index contributed by atoms with van der Waals surface area (Å²) >= 11 is 0. The number of nitrogens with zero attached hydrogens (tertiary/aromatic N) is 2. The molecule has 0 unspecified atom stereocenters. The molecule has 3 aromatic carbocycles. The predicted molar refractivity (Wildman–Crippen MR) is 131 cm³/mol. The Hall–Kier alpha value is -3.93. The molecule has 1 aliphatic heterocycles. The summed E-state index contributed by atoms with van der Waals surface area (Å²) in [7, 11) is 3.99. The maximum atomic E-state index is 13.0. The van der Waals surface area contributed by atoms with Gasteiger partial charge in [0, 0.05) is 36.5 Å². The van der Waals surface area contributed by atoms with Gasteiger partial charge in [0.15, 0.2) is 6.04 Å². The van der Waals surface area contributed by atoms with Gasteiger partial charge in [-0.05, 0) is 50.2 Å². The van der Waals surface area contributed by atoms with Crippen molar-refractivity contribution < 1.29 is 14.3 Å². The Balaban J connectivity index is 1.68. The molecule has 3 aromatic rings. The molecule has 1 heterocycles. The highest BCUT2D eigenvalue weighted by molar-refractivity contribution is 5.98. The lowest BCUT2D eigenvalue weighted by atomic mass is 9.98. The summed E-state index contributed by atoms with van der Waals surface area (Å²) in [5.74, 6) is -0.522. The normalized spacial score (nSPS) is 18.8. The van der Waals surface area contributed by atoms with E-state index >= 15 is 0 Å². The first kappa shape index (κ1) is 22.3. The molecular formula is C27H29N4O2+. The van der Waals surface area contributed by atoms with E-state index in [2.05, 4.69) is 10.7 Å². The number of anilines is 1. The SMILES string of the molecule is Cc1ccc(C(=O)N[C@@H]2C(=O)N/[N+](=C\c3ccc(N(C)C)cc3)[C@H]2c2ccc(C)cc2)cc1. The van der Waals surface area contributed by atoms with Crippen LogP contribution in [-0.2, 0) is 4.79 Å². The first-order chi connectivity index (χ1) is 15.8. The van der Waals surface area contributed by atoms with Crippen molar-refractivity contribution in [2.75, 3.05) is 19.0 Å². The van der Waals surface area contributed by atoms with E-state index in [-0.39, 0.29) is 17.9 Å². The summed E-state index contributed by atoms with van der Waals surface area (Å²) in [6.45, 7) is 3.99. The highest BCUT2D eigenvalue weighted by atomic mass is 16.2. The maximum absolute atomic E-state index is 13.0. The standard InChI is InChI=1S/C27H28N4O2/c1-18-5-11-21(12-6-18)25-24(28-26(32)22-13-7-19(2)8-14-22)27(33)29-31(25)17-20-9-15-23(16-10-20)30(3)4/h5-17,24-25H,1-4H3,(H-,28,29,32,33)/p+1/t24-,25-/m0/s1. The first-order valence-corrected chi connectivity index (χ1v) is 11.0. The molecule has 2 atom stereocenters. The number of amides is 2. The van der Waals surface area contributed by atoms with Crippen LogP contribution in [0, 0.1) is 13.8 Å². The summed E-state index contributed by atoms with van der Waals surface area (Å²) in [6.07, 6.45) is 1.90. The number of hydrogen-bond donors (Lipinski definition) is 2. The fourth-order valence-electron chi connectivity index (χ4n) is 3.89. The Morgan fingerprint density at radius 3 is 2.06 bits per heavy atom. The molecule has 2 amide bonds. The molecule has 0 aliphatic carbocycles. The highest BCUT2D eigenvalue weighted by Gasteiger charge is 2.47. The van der Waals surface area contributed by atoms with Crippen molar-refractivity contribution in [3.05, 3.63) is 101 Å². The minimum absolute atomic E-state index is 0.248. The van der Waals surface area contributed by atoms with Gasteiger partial charge in [0.1, 0.15) is 0 Å². The summed E-state index contributed by atoms with van der Waals surface area (Å²) in [5, 5.41) is 2.95. The zero-order valence-electron chi connectivity index (χ0n) is 19.4. The Morgan fingerprint density at radius 2 is 1.48 bits per heavy atom. The summed E-state index contributed by atoms with van der Waals surface area (Å²) < 4.78 is 1.79. The molecule has 168 valence electrons. The second kappa shape index (κ2) is 9.28. The van der Waals surface area contributed by atoms with Gasteiger partial charge in [0.2, 0.25) is 12.3 Å². The van der Waals surface area contributed by atoms with E-state index < -0.39 is 6.04 Å². The van der Waals surface area contributed by atoms with Crippen molar-refractivity contribution in [3.8, 4) is 0 Å². The number of benzene rings is 3. The highest BCUT2D eigenvalue weighted by Crippen LogP contribution is 2.26. The lowest BCUT2D eigenvalue weighted by Gasteiger charge is -2.15. The molecule has 0 radical (unpaired) electrons. The summed E-state index contributed by atoms with van der Waals surface area (Å²) in [4.78, 5) is 28.0. The third-order valence-corrected chi connectivity index (χ3v) is 5.85. The van der Waals surface area contributed by atoms with Crippen molar-refractivity contribution in [3.63, 3.8) is 0 Å². The van der Waals surface area contributed by atoms with Crippen LogP contribution in [-0.4, -0.2) is 42.9 Å². The van der Waals surface area contributed by atoms with E-state index in [1.54, 1.807) is 16.8 Å². The van der Waals surface area contributed by atoms with E-state index in [9.17, 15) is 9.59 Å². The van der Waals surface area contributed by atoms with E-state index in [0.29, 0.717) is 5.56 Å². The average Bonchev–Trinajstić information content (AvgIpc) is 3.09. The zero-order valence-corrected chi connectivity index (χ0v) is 19.4. The smallest absolute Gasteiger partial charge is 0.304 e. The van der Waals surface area contributed by atoms with Crippen molar-refractivity contribution >= 4 is 23.7 Å². The van der Waals surface area contributed by atoms with Gasteiger partial charge in [0.25, 0.3) is 5.91 Å². The van der Waals surface area contributed by atoms with Crippen LogP contribution in [0.2, 0.25) is 0 Å². The quantitative estimate of drug-likeness (QED) is 0.597.